The first kappa shape index (κ1) is 17.2. The lowest BCUT2D eigenvalue weighted by Gasteiger charge is -2.13. The summed E-state index contributed by atoms with van der Waals surface area (Å²) < 4.78 is 15.0. The standard InChI is InChI=1S/C18H23FN2O2/c1-5-16(18(22)23)21-12(4)15(17(20-21)11(2)3)10-13-7-6-8-14(19)9-13/h6-9,11,16H,5,10H2,1-4H3,(H,22,23). The van der Waals surface area contributed by atoms with Crippen LogP contribution in [0.15, 0.2) is 24.3 Å². The number of benzene rings is 1. The molecular weight excluding hydrogens is 295 g/mol. The third-order valence-corrected chi connectivity index (χ3v) is 4.09. The summed E-state index contributed by atoms with van der Waals surface area (Å²) in [5, 5.41) is 14.0. The summed E-state index contributed by atoms with van der Waals surface area (Å²) in [7, 11) is 0. The van der Waals surface area contributed by atoms with Gasteiger partial charge in [-0.1, -0.05) is 32.9 Å². The first-order valence-corrected chi connectivity index (χ1v) is 7.90. The Labute approximate surface area is 136 Å². The van der Waals surface area contributed by atoms with Crippen LogP contribution < -0.4 is 0 Å². The van der Waals surface area contributed by atoms with Crippen molar-refractivity contribution in [3.05, 3.63) is 52.6 Å². The van der Waals surface area contributed by atoms with Crippen molar-refractivity contribution < 1.29 is 14.3 Å². The molecule has 1 atom stereocenters. The smallest absolute Gasteiger partial charge is 0.328 e. The molecule has 1 unspecified atom stereocenters. The number of rotatable bonds is 6. The van der Waals surface area contributed by atoms with Crippen molar-refractivity contribution >= 4 is 5.97 Å². The lowest BCUT2D eigenvalue weighted by Crippen LogP contribution is -2.20. The zero-order valence-electron chi connectivity index (χ0n) is 14.0. The molecule has 0 bridgehead atoms. The molecule has 0 saturated heterocycles. The normalized spacial score (nSPS) is 12.6. The highest BCUT2D eigenvalue weighted by Crippen LogP contribution is 2.27. The molecule has 0 saturated carbocycles. The topological polar surface area (TPSA) is 55.1 Å². The highest BCUT2D eigenvalue weighted by Gasteiger charge is 2.25. The first-order chi connectivity index (χ1) is 10.8. The minimum atomic E-state index is -0.884. The molecule has 1 aromatic carbocycles. The molecular formula is C18H23FN2O2. The van der Waals surface area contributed by atoms with E-state index in [0.717, 1.165) is 22.5 Å². The van der Waals surface area contributed by atoms with Crippen LogP contribution in [0.2, 0.25) is 0 Å². The number of hydrogen-bond acceptors (Lipinski definition) is 2. The highest BCUT2D eigenvalue weighted by atomic mass is 19.1. The second-order valence-electron chi connectivity index (χ2n) is 6.12. The molecule has 2 aromatic rings. The monoisotopic (exact) mass is 318 g/mol. The summed E-state index contributed by atoms with van der Waals surface area (Å²) in [6.07, 6.45) is 1.02. The predicted molar refractivity (Wildman–Crippen MR) is 87.2 cm³/mol. The first-order valence-electron chi connectivity index (χ1n) is 7.90. The number of carboxylic acids is 1. The summed E-state index contributed by atoms with van der Waals surface area (Å²) in [5.74, 6) is -0.980. The van der Waals surface area contributed by atoms with Gasteiger partial charge in [0.25, 0.3) is 0 Å². The van der Waals surface area contributed by atoms with Crippen LogP contribution in [-0.2, 0) is 11.2 Å². The van der Waals surface area contributed by atoms with E-state index in [1.165, 1.54) is 12.1 Å². The van der Waals surface area contributed by atoms with Gasteiger partial charge in [0.05, 0.1) is 5.69 Å². The van der Waals surface area contributed by atoms with Gasteiger partial charge in [0.15, 0.2) is 0 Å². The average molecular weight is 318 g/mol. The fourth-order valence-electron chi connectivity index (χ4n) is 2.86. The van der Waals surface area contributed by atoms with Crippen LogP contribution in [0.25, 0.3) is 0 Å². The molecule has 0 spiro atoms. The predicted octanol–water partition coefficient (Wildman–Crippen LogP) is 4.08. The van der Waals surface area contributed by atoms with E-state index in [0.29, 0.717) is 12.8 Å². The minimum absolute atomic E-state index is 0.171. The van der Waals surface area contributed by atoms with Gasteiger partial charge in [0.2, 0.25) is 0 Å². The number of aliphatic carboxylic acids is 1. The maximum Gasteiger partial charge on any atom is 0.328 e. The van der Waals surface area contributed by atoms with Crippen LogP contribution in [0.4, 0.5) is 4.39 Å². The summed E-state index contributed by atoms with van der Waals surface area (Å²) in [5.41, 5.74) is 3.57. The van der Waals surface area contributed by atoms with Crippen molar-refractivity contribution in [1.82, 2.24) is 9.78 Å². The maximum atomic E-state index is 13.4. The van der Waals surface area contributed by atoms with Gasteiger partial charge in [-0.25, -0.2) is 9.18 Å². The highest BCUT2D eigenvalue weighted by molar-refractivity contribution is 5.71. The molecule has 0 fully saturated rings. The number of halogens is 1. The fourth-order valence-corrected chi connectivity index (χ4v) is 2.86. The van der Waals surface area contributed by atoms with Gasteiger partial charge in [-0.2, -0.15) is 5.10 Å². The van der Waals surface area contributed by atoms with Crippen LogP contribution in [0.3, 0.4) is 0 Å². The molecule has 0 amide bonds. The Morgan fingerprint density at radius 3 is 2.61 bits per heavy atom. The molecule has 124 valence electrons. The van der Waals surface area contributed by atoms with Gasteiger partial charge in [0, 0.05) is 17.7 Å². The van der Waals surface area contributed by atoms with Crippen molar-refractivity contribution in [1.29, 1.82) is 0 Å². The molecule has 0 aliphatic rings. The van der Waals surface area contributed by atoms with Crippen LogP contribution in [-0.4, -0.2) is 20.9 Å². The number of carboxylic acid groups (broad SMARTS) is 1. The quantitative estimate of drug-likeness (QED) is 0.873. The second kappa shape index (κ2) is 6.94. The molecule has 4 nitrogen and oxygen atoms in total. The third-order valence-electron chi connectivity index (χ3n) is 4.09. The van der Waals surface area contributed by atoms with Crippen LogP contribution in [0.5, 0.6) is 0 Å². The molecule has 2 rings (SSSR count). The Bertz CT molecular complexity index is 707. The largest absolute Gasteiger partial charge is 0.480 e. The lowest BCUT2D eigenvalue weighted by atomic mass is 9.98. The fraction of sp³-hybridized carbons (Fsp3) is 0.444. The van der Waals surface area contributed by atoms with E-state index in [-0.39, 0.29) is 11.7 Å². The van der Waals surface area contributed by atoms with Crippen molar-refractivity contribution in [2.45, 2.75) is 52.5 Å². The van der Waals surface area contributed by atoms with Crippen molar-refractivity contribution in [3.8, 4) is 0 Å². The molecule has 1 aromatic heterocycles. The maximum absolute atomic E-state index is 13.4. The zero-order chi connectivity index (χ0) is 17.1. The number of hydrogen-bond donors (Lipinski definition) is 1. The van der Waals surface area contributed by atoms with E-state index in [9.17, 15) is 14.3 Å². The Balaban J connectivity index is 2.49. The number of aromatic nitrogens is 2. The summed E-state index contributed by atoms with van der Waals surface area (Å²) in [6, 6.07) is 5.81. The van der Waals surface area contributed by atoms with E-state index in [1.54, 1.807) is 10.7 Å². The van der Waals surface area contributed by atoms with E-state index in [1.807, 2.05) is 33.8 Å². The Morgan fingerprint density at radius 2 is 2.09 bits per heavy atom. The molecule has 1 N–H and O–H groups in total. The number of nitrogens with zero attached hydrogens (tertiary/aromatic N) is 2. The Hall–Kier alpha value is -2.17. The van der Waals surface area contributed by atoms with Crippen LogP contribution in [0.1, 0.15) is 61.7 Å². The lowest BCUT2D eigenvalue weighted by molar-refractivity contribution is -0.141. The second-order valence-corrected chi connectivity index (χ2v) is 6.12. The summed E-state index contributed by atoms with van der Waals surface area (Å²) >= 11 is 0. The Kier molecular flexibility index (Phi) is 5.19. The minimum Gasteiger partial charge on any atom is -0.480 e. The van der Waals surface area contributed by atoms with Crippen molar-refractivity contribution in [2.24, 2.45) is 0 Å². The van der Waals surface area contributed by atoms with Crippen molar-refractivity contribution in [2.75, 3.05) is 0 Å². The van der Waals surface area contributed by atoms with Gasteiger partial charge in [-0.05, 0) is 37.0 Å². The van der Waals surface area contributed by atoms with Gasteiger partial charge in [-0.3, -0.25) is 4.68 Å². The van der Waals surface area contributed by atoms with E-state index in [2.05, 4.69) is 5.10 Å². The van der Waals surface area contributed by atoms with Gasteiger partial charge in [-0.15, -0.1) is 0 Å². The van der Waals surface area contributed by atoms with Crippen LogP contribution in [0, 0.1) is 12.7 Å². The molecule has 5 heteroatoms. The van der Waals surface area contributed by atoms with E-state index in [4.69, 9.17) is 0 Å². The molecule has 23 heavy (non-hydrogen) atoms. The molecule has 0 aliphatic heterocycles. The molecule has 1 heterocycles. The van der Waals surface area contributed by atoms with E-state index >= 15 is 0 Å². The Morgan fingerprint density at radius 1 is 1.39 bits per heavy atom. The SMILES string of the molecule is CCC(C(=O)O)n1nc(C(C)C)c(Cc2cccc(F)c2)c1C. The average Bonchev–Trinajstić information content (AvgIpc) is 2.78. The summed E-state index contributed by atoms with van der Waals surface area (Å²) in [6.45, 7) is 7.78. The zero-order valence-corrected chi connectivity index (χ0v) is 14.0. The molecule has 0 radical (unpaired) electrons. The molecule has 0 aliphatic carbocycles. The van der Waals surface area contributed by atoms with E-state index < -0.39 is 12.0 Å². The van der Waals surface area contributed by atoms with Crippen LogP contribution >= 0.6 is 0 Å². The van der Waals surface area contributed by atoms with Gasteiger partial charge < -0.3 is 5.11 Å². The number of carbonyl (C=O) groups is 1. The van der Waals surface area contributed by atoms with Gasteiger partial charge in [0.1, 0.15) is 11.9 Å². The van der Waals surface area contributed by atoms with Gasteiger partial charge >= 0.3 is 5.97 Å². The summed E-state index contributed by atoms with van der Waals surface area (Å²) in [4.78, 5) is 11.5. The van der Waals surface area contributed by atoms with Crippen molar-refractivity contribution in [3.63, 3.8) is 0 Å². The third kappa shape index (κ3) is 3.60.